The van der Waals surface area contributed by atoms with Crippen LogP contribution in [-0.2, 0) is 19.2 Å². The third-order valence-electron chi connectivity index (χ3n) is 4.35. The first-order valence-electron chi connectivity index (χ1n) is 8.99. The predicted molar refractivity (Wildman–Crippen MR) is 117 cm³/mol. The second-order valence-corrected chi connectivity index (χ2v) is 6.55. The molecule has 0 amide bonds. The molecule has 0 fully saturated rings. The zero-order valence-corrected chi connectivity index (χ0v) is 19.0. The lowest BCUT2D eigenvalue weighted by Crippen LogP contribution is -2.45. The Kier molecular flexibility index (Phi) is 9.40. The van der Waals surface area contributed by atoms with Gasteiger partial charge in [-0.05, 0) is 12.5 Å². The Balaban J connectivity index is 0.00000420. The van der Waals surface area contributed by atoms with Gasteiger partial charge in [0.05, 0.1) is 0 Å². The van der Waals surface area contributed by atoms with Gasteiger partial charge < -0.3 is 19.9 Å². The van der Waals surface area contributed by atoms with Crippen LogP contribution in [-0.4, -0.2) is 51.8 Å². The first-order valence-corrected chi connectivity index (χ1v) is 8.99. The van der Waals surface area contributed by atoms with Crippen molar-refractivity contribution in [1.82, 2.24) is 19.8 Å². The van der Waals surface area contributed by atoms with Crippen LogP contribution >= 0.6 is 24.0 Å². The summed E-state index contributed by atoms with van der Waals surface area (Å²) in [6, 6.07) is 9.68. The van der Waals surface area contributed by atoms with Gasteiger partial charge in [0.1, 0.15) is 5.82 Å². The SMILES string of the molecule is CCNC(=NCCC(O)(c1nccn1C)C(F)(F)F)N(C)Cc1ccccc1.I. The van der Waals surface area contributed by atoms with Crippen LogP contribution in [0.2, 0.25) is 0 Å². The van der Waals surface area contributed by atoms with E-state index in [-0.39, 0.29) is 30.5 Å². The van der Waals surface area contributed by atoms with Crippen LogP contribution in [0.25, 0.3) is 0 Å². The Hall–Kier alpha value is -1.82. The normalized spacial score (nSPS) is 14.1. The molecule has 0 spiro atoms. The van der Waals surface area contributed by atoms with Crippen molar-refractivity contribution >= 4 is 29.9 Å². The number of aliphatic hydroxyl groups is 1. The molecule has 2 N–H and O–H groups in total. The summed E-state index contributed by atoms with van der Waals surface area (Å²) in [5.41, 5.74) is -2.01. The van der Waals surface area contributed by atoms with Crippen molar-refractivity contribution in [3.8, 4) is 0 Å². The van der Waals surface area contributed by atoms with Crippen molar-refractivity contribution < 1.29 is 18.3 Å². The van der Waals surface area contributed by atoms with Gasteiger partial charge in [-0.25, -0.2) is 4.98 Å². The van der Waals surface area contributed by atoms with Crippen LogP contribution in [0.15, 0.2) is 47.7 Å². The highest BCUT2D eigenvalue weighted by molar-refractivity contribution is 14.0. The topological polar surface area (TPSA) is 65.7 Å². The third-order valence-corrected chi connectivity index (χ3v) is 4.35. The Morgan fingerprint density at radius 1 is 1.28 bits per heavy atom. The van der Waals surface area contributed by atoms with Gasteiger partial charge in [-0.15, -0.1) is 24.0 Å². The van der Waals surface area contributed by atoms with Gasteiger partial charge in [0.2, 0.25) is 5.60 Å². The molecule has 1 aromatic carbocycles. The number of nitrogens with one attached hydrogen (secondary N) is 1. The Morgan fingerprint density at radius 3 is 2.45 bits per heavy atom. The largest absolute Gasteiger partial charge is 0.424 e. The van der Waals surface area contributed by atoms with Crippen molar-refractivity contribution in [2.75, 3.05) is 20.1 Å². The van der Waals surface area contributed by atoms with Crippen molar-refractivity contribution in [2.24, 2.45) is 12.0 Å². The van der Waals surface area contributed by atoms with Crippen LogP contribution in [0, 0.1) is 0 Å². The first-order chi connectivity index (χ1) is 13.2. The monoisotopic (exact) mass is 525 g/mol. The summed E-state index contributed by atoms with van der Waals surface area (Å²) < 4.78 is 41.9. The van der Waals surface area contributed by atoms with Crippen molar-refractivity contribution in [3.05, 3.63) is 54.1 Å². The lowest BCUT2D eigenvalue weighted by molar-refractivity contribution is -0.272. The summed E-state index contributed by atoms with van der Waals surface area (Å²) in [4.78, 5) is 9.81. The number of hydrogen-bond acceptors (Lipinski definition) is 3. The van der Waals surface area contributed by atoms with Gasteiger partial charge in [0.25, 0.3) is 0 Å². The number of aromatic nitrogens is 2. The minimum Gasteiger partial charge on any atom is -0.374 e. The summed E-state index contributed by atoms with van der Waals surface area (Å²) in [5, 5.41) is 13.5. The van der Waals surface area contributed by atoms with Crippen molar-refractivity contribution in [1.29, 1.82) is 0 Å². The lowest BCUT2D eigenvalue weighted by Gasteiger charge is -2.29. The van der Waals surface area contributed by atoms with E-state index in [1.807, 2.05) is 49.2 Å². The van der Waals surface area contributed by atoms with E-state index in [2.05, 4.69) is 15.3 Å². The Morgan fingerprint density at radius 2 is 1.93 bits per heavy atom. The summed E-state index contributed by atoms with van der Waals surface area (Å²) in [6.45, 7) is 2.78. The van der Waals surface area contributed by atoms with Gasteiger partial charge in [0.15, 0.2) is 5.96 Å². The lowest BCUT2D eigenvalue weighted by atomic mass is 9.98. The summed E-state index contributed by atoms with van der Waals surface area (Å²) in [7, 11) is 3.23. The van der Waals surface area contributed by atoms with E-state index in [0.717, 1.165) is 5.56 Å². The molecule has 6 nitrogen and oxygen atoms in total. The highest BCUT2D eigenvalue weighted by atomic mass is 127. The summed E-state index contributed by atoms with van der Waals surface area (Å²) in [6.07, 6.45) is -2.90. The van der Waals surface area contributed by atoms with Crippen LogP contribution in [0.4, 0.5) is 13.2 Å². The van der Waals surface area contributed by atoms with E-state index in [4.69, 9.17) is 0 Å². The summed E-state index contributed by atoms with van der Waals surface area (Å²) in [5.74, 6) is 0.0218. The average molecular weight is 525 g/mol. The molecule has 0 saturated heterocycles. The van der Waals surface area contributed by atoms with Crippen molar-refractivity contribution in [2.45, 2.75) is 31.7 Å². The molecule has 1 heterocycles. The fraction of sp³-hybridized carbons (Fsp3) is 0.474. The third kappa shape index (κ3) is 6.33. The highest BCUT2D eigenvalue weighted by Gasteiger charge is 2.57. The van der Waals surface area contributed by atoms with Gasteiger partial charge in [0, 0.05) is 52.5 Å². The maximum Gasteiger partial charge on any atom is 0.424 e. The molecule has 2 rings (SSSR count). The molecule has 1 aromatic heterocycles. The fourth-order valence-electron chi connectivity index (χ4n) is 2.87. The quantitative estimate of drug-likeness (QED) is 0.331. The van der Waals surface area contributed by atoms with E-state index in [1.165, 1.54) is 24.0 Å². The molecular weight excluding hydrogens is 498 g/mol. The van der Waals surface area contributed by atoms with E-state index < -0.39 is 24.0 Å². The molecule has 0 saturated carbocycles. The number of imidazole rings is 1. The van der Waals surface area contributed by atoms with E-state index >= 15 is 0 Å². The molecule has 1 unspecified atom stereocenters. The first kappa shape index (κ1) is 25.2. The van der Waals surface area contributed by atoms with Crippen LogP contribution in [0.5, 0.6) is 0 Å². The van der Waals surface area contributed by atoms with Gasteiger partial charge >= 0.3 is 6.18 Å². The average Bonchev–Trinajstić information content (AvgIpc) is 3.07. The number of benzene rings is 1. The second-order valence-electron chi connectivity index (χ2n) is 6.55. The minimum absolute atomic E-state index is 0. The number of aliphatic imine (C=N–C) groups is 1. The zero-order chi connectivity index (χ0) is 20.8. The maximum atomic E-state index is 13.6. The number of alkyl halides is 3. The fourth-order valence-corrected chi connectivity index (χ4v) is 2.87. The number of halogens is 4. The molecule has 0 aliphatic heterocycles. The number of rotatable bonds is 7. The number of hydrogen-bond donors (Lipinski definition) is 2. The Bertz CT molecular complexity index is 782. The molecule has 2 aromatic rings. The summed E-state index contributed by atoms with van der Waals surface area (Å²) >= 11 is 0. The van der Waals surface area contributed by atoms with E-state index in [1.54, 1.807) is 0 Å². The number of guanidine groups is 1. The predicted octanol–water partition coefficient (Wildman–Crippen LogP) is 3.28. The van der Waals surface area contributed by atoms with Gasteiger partial charge in [-0.3, -0.25) is 4.99 Å². The van der Waals surface area contributed by atoms with Crippen LogP contribution in [0.3, 0.4) is 0 Å². The standard InChI is InChI=1S/C19H26F3N5O.HI/c1-4-23-17(27(3)14-15-8-6-5-7-9-15)25-11-10-18(28,19(20,21)22)16-24-12-13-26(16)2;/h5-9,12-13,28H,4,10-11,14H2,1-3H3,(H,23,25);1H. The van der Waals surface area contributed by atoms with Crippen LogP contribution < -0.4 is 5.32 Å². The second kappa shape index (κ2) is 10.8. The highest BCUT2D eigenvalue weighted by Crippen LogP contribution is 2.40. The Labute approximate surface area is 185 Å². The van der Waals surface area contributed by atoms with Crippen molar-refractivity contribution in [3.63, 3.8) is 0 Å². The number of aryl methyl sites for hydroxylation is 1. The molecule has 0 aliphatic rings. The maximum absolute atomic E-state index is 13.6. The van der Waals surface area contributed by atoms with E-state index in [0.29, 0.717) is 19.0 Å². The molecule has 1 atom stereocenters. The molecule has 0 radical (unpaired) electrons. The molecule has 29 heavy (non-hydrogen) atoms. The molecule has 0 aliphatic carbocycles. The minimum atomic E-state index is -4.87. The van der Waals surface area contributed by atoms with Crippen LogP contribution in [0.1, 0.15) is 24.7 Å². The molecular formula is C19H27F3IN5O. The molecule has 162 valence electrons. The van der Waals surface area contributed by atoms with Gasteiger partial charge in [-0.1, -0.05) is 30.3 Å². The number of nitrogens with zero attached hydrogens (tertiary/aromatic N) is 4. The smallest absolute Gasteiger partial charge is 0.374 e. The van der Waals surface area contributed by atoms with E-state index in [9.17, 15) is 18.3 Å². The zero-order valence-electron chi connectivity index (χ0n) is 16.6. The molecule has 10 heteroatoms. The van der Waals surface area contributed by atoms with Gasteiger partial charge in [-0.2, -0.15) is 13.2 Å². The molecule has 0 bridgehead atoms.